The van der Waals surface area contributed by atoms with Gasteiger partial charge >= 0.3 is 6.03 Å². The average molecular weight is 1150 g/mol. The Hall–Kier alpha value is -7.16. The maximum atomic E-state index is 15.1. The van der Waals surface area contributed by atoms with E-state index < -0.39 is 133 Å². The summed E-state index contributed by atoms with van der Waals surface area (Å²) in [5, 5.41) is 34.2. The number of nitrogens with two attached hydrogens (primary N) is 5. The summed E-state index contributed by atoms with van der Waals surface area (Å²) in [6, 6.07) is -4.47. The number of carbonyl (C=O) groups excluding carboxylic acids is 10. The molecule has 0 spiro atoms. The second-order valence-electron chi connectivity index (χ2n) is 20.4. The quantitative estimate of drug-likeness (QED) is 0.0297. The molecular formula is C51H78FeN16O11. The van der Waals surface area contributed by atoms with Crippen LogP contribution < -0.4 is 60.6 Å². The number of aliphatic hydroxyl groups excluding tert-OH is 1. The molecule has 3 heterocycles. The molecule has 18 N–H and O–H groups in total. The van der Waals surface area contributed by atoms with E-state index in [2.05, 4.69) is 47.2 Å². The molecule has 1 aliphatic heterocycles. The van der Waals surface area contributed by atoms with Crippen LogP contribution in [0.4, 0.5) is 4.79 Å². The Morgan fingerprint density at radius 2 is 1.35 bits per heavy atom. The van der Waals surface area contributed by atoms with Gasteiger partial charge in [0.15, 0.2) is 0 Å². The molecule has 1 aromatic carbocycles. The number of likely N-dealkylation sites (tertiary alicyclic amines) is 1. The minimum atomic E-state index is -1.77. The maximum absolute atomic E-state index is 15.1. The molecule has 79 heavy (non-hydrogen) atoms. The molecule has 3 fully saturated rings. The normalized spacial score (nSPS) is 18.7. The van der Waals surface area contributed by atoms with Crippen molar-refractivity contribution in [3.63, 3.8) is 0 Å². The van der Waals surface area contributed by atoms with Crippen molar-refractivity contribution in [2.45, 2.75) is 171 Å². The number of amides is 11. The summed E-state index contributed by atoms with van der Waals surface area (Å²) in [5.74, 6) is -9.04. The molecule has 11 amide bonds. The topological polar surface area (TPSA) is 443 Å². The predicted octanol–water partition coefficient (Wildman–Crippen LogP) is -1.78. The average Bonchev–Trinajstić information content (AvgIpc) is 4.29. The molecule has 3 aromatic rings. The molecule has 0 radical (unpaired) electrons. The van der Waals surface area contributed by atoms with Gasteiger partial charge in [-0.05, 0) is 43.2 Å². The third kappa shape index (κ3) is 19.0. The fourth-order valence-electron chi connectivity index (χ4n) is 9.89. The fourth-order valence-corrected chi connectivity index (χ4v) is 9.89. The van der Waals surface area contributed by atoms with Crippen LogP contribution in [-0.2, 0) is 66.6 Å². The van der Waals surface area contributed by atoms with Gasteiger partial charge in [-0.25, -0.2) is 9.48 Å². The molecule has 2 aliphatic carbocycles. The van der Waals surface area contributed by atoms with Crippen LogP contribution in [0.5, 0.6) is 0 Å². The van der Waals surface area contributed by atoms with Gasteiger partial charge in [-0.1, -0.05) is 88.6 Å². The van der Waals surface area contributed by atoms with Gasteiger partial charge in [-0.3, -0.25) is 43.2 Å². The van der Waals surface area contributed by atoms with E-state index in [-0.39, 0.29) is 68.2 Å². The molecule has 27 nitrogen and oxygen atoms in total. The number of carbonyl (C=O) groups is 10. The number of para-hydroxylation sites is 1. The van der Waals surface area contributed by atoms with E-state index in [0.717, 1.165) is 42.3 Å². The molecule has 2 aromatic heterocycles. The number of urea groups is 1. The number of hydrogen-bond acceptors (Lipinski definition) is 14. The van der Waals surface area contributed by atoms with Crippen LogP contribution in [-0.4, -0.2) is 151 Å². The largest absolute Gasteiger partial charge is 0.394 e. The molecule has 6 rings (SSSR count). The van der Waals surface area contributed by atoms with Crippen molar-refractivity contribution in [3.8, 4) is 0 Å². The molecule has 9 atom stereocenters. The Labute approximate surface area is 468 Å². The van der Waals surface area contributed by atoms with E-state index >= 15 is 4.79 Å². The monoisotopic (exact) mass is 1150 g/mol. The summed E-state index contributed by atoms with van der Waals surface area (Å²) >= 11 is 0. The number of nitrogens with zero attached hydrogens (tertiary/aromatic N) is 4. The number of fused-ring (bicyclic) bond motifs is 1. The van der Waals surface area contributed by atoms with Gasteiger partial charge in [0, 0.05) is 72.2 Å². The van der Waals surface area contributed by atoms with E-state index in [1.807, 2.05) is 18.2 Å². The predicted molar refractivity (Wildman–Crippen MR) is 283 cm³/mol. The van der Waals surface area contributed by atoms with E-state index in [0.29, 0.717) is 5.56 Å². The van der Waals surface area contributed by atoms with Gasteiger partial charge < -0.3 is 75.6 Å². The van der Waals surface area contributed by atoms with Crippen LogP contribution in [0.25, 0.3) is 10.9 Å². The van der Waals surface area contributed by atoms with Gasteiger partial charge in [0.1, 0.15) is 36.3 Å². The first-order valence-corrected chi connectivity index (χ1v) is 26.8. The van der Waals surface area contributed by atoms with Crippen molar-refractivity contribution >= 4 is 70.1 Å². The van der Waals surface area contributed by atoms with Gasteiger partial charge in [0.25, 0.3) is 0 Å². The SMILES string of the molecule is C1CCCC1.CC[C@@H](C)[C@@H](NC(=O)[C@H](CC(N)=O)NC(=O)[C@H](CC(N)=O)NC(=O)[C@@H](N)CCCNC(N)=O)C(=O)N1C[C@@H](n2cc(C3CCCC3)nn2)C[C@H]1C(=O)N[C@@H](Cc1c[nH]c2ccccc12)C(=O)N[C@@H](CO)C(N)=O.[Fe]. The standard InChI is InChI=1S/C46H68N16O11.C5H10.Fe/c1-3-23(2)38(58-43(70)32(18-37(49)65)55-42(69)31(17-36(48)64)54-40(67)28(47)12-8-14-52-46(51)73)45(72)61-20-26(62-21-33(59-60-62)24-9-4-5-10-24)16-35(61)44(71)56-30(41(68)57-34(22-63)39(50)66)15-25-19-53-29-13-7-6-11-27(25)29;1-2-4-5-3-1;/h6-7,11,13,19,21,23-24,26,28,30-32,34-35,38,53,63H,3-5,8-10,12,14-18,20,22,47H2,1-2H3,(H2,48,64)(H2,49,65)(H2,50,66)(H,54,67)(H,55,69)(H,56,71)(H,57,68)(H,58,70)(H3,51,52,73);1-5H2;/t23-,26+,28+,30+,31+,32+,34+,35+,38-;;/m1../s1. The van der Waals surface area contributed by atoms with Crippen molar-refractivity contribution in [3.05, 3.63) is 47.9 Å². The Morgan fingerprint density at radius 3 is 1.94 bits per heavy atom. The number of rotatable bonds is 27. The zero-order chi connectivity index (χ0) is 57.1. The van der Waals surface area contributed by atoms with Crippen LogP contribution in [0.15, 0.2) is 36.7 Å². The number of aromatic nitrogens is 4. The zero-order valence-electron chi connectivity index (χ0n) is 44.7. The second-order valence-corrected chi connectivity index (χ2v) is 20.4. The van der Waals surface area contributed by atoms with Crippen LogP contribution in [0.3, 0.4) is 0 Å². The smallest absolute Gasteiger partial charge is 0.312 e. The molecular weight excluding hydrogens is 1070 g/mol. The summed E-state index contributed by atoms with van der Waals surface area (Å²) in [7, 11) is 0. The number of H-pyrrole nitrogens is 1. The number of aliphatic hydroxyl groups is 1. The van der Waals surface area contributed by atoms with Crippen LogP contribution in [0.1, 0.15) is 133 Å². The summed E-state index contributed by atoms with van der Waals surface area (Å²) in [6.45, 7) is 2.54. The first kappa shape index (κ1) is 64.4. The molecule has 3 aliphatic rings. The first-order valence-electron chi connectivity index (χ1n) is 26.8. The van der Waals surface area contributed by atoms with Gasteiger partial charge in [-0.2, -0.15) is 0 Å². The van der Waals surface area contributed by atoms with E-state index in [1.54, 1.807) is 37.0 Å². The van der Waals surface area contributed by atoms with Crippen molar-refractivity contribution in [2.24, 2.45) is 34.6 Å². The number of hydrogen-bond donors (Lipinski definition) is 13. The Bertz CT molecular complexity index is 2580. The van der Waals surface area contributed by atoms with E-state index in [4.69, 9.17) is 28.7 Å². The molecule has 2 saturated carbocycles. The summed E-state index contributed by atoms with van der Waals surface area (Å²) < 4.78 is 1.58. The molecule has 28 heteroatoms. The molecule has 436 valence electrons. The summed E-state index contributed by atoms with van der Waals surface area (Å²) in [4.78, 5) is 137. The number of aromatic amines is 1. The first-order chi connectivity index (χ1) is 37.2. The van der Waals surface area contributed by atoms with Gasteiger partial charge in [0.05, 0.1) is 37.2 Å². The van der Waals surface area contributed by atoms with Crippen LogP contribution >= 0.6 is 0 Å². The molecule has 0 bridgehead atoms. The van der Waals surface area contributed by atoms with Crippen molar-refractivity contribution in [2.75, 3.05) is 19.7 Å². The number of benzene rings is 1. The van der Waals surface area contributed by atoms with Crippen molar-refractivity contribution < 1.29 is 70.1 Å². The third-order valence-electron chi connectivity index (χ3n) is 14.5. The van der Waals surface area contributed by atoms with Gasteiger partial charge in [0.2, 0.25) is 53.2 Å². The van der Waals surface area contributed by atoms with Crippen molar-refractivity contribution in [1.29, 1.82) is 0 Å². The number of primary amides is 4. The summed E-state index contributed by atoms with van der Waals surface area (Å²) in [5.41, 5.74) is 29.5. The van der Waals surface area contributed by atoms with E-state index in [9.17, 15) is 48.3 Å². The van der Waals surface area contributed by atoms with Crippen LogP contribution in [0.2, 0.25) is 0 Å². The molecule has 1 saturated heterocycles. The molecule has 0 unspecified atom stereocenters. The van der Waals surface area contributed by atoms with E-state index in [1.165, 1.54) is 37.0 Å². The summed E-state index contributed by atoms with van der Waals surface area (Å²) in [6.07, 6.45) is 13.7. The Balaban J connectivity index is 0.00000212. The van der Waals surface area contributed by atoms with Gasteiger partial charge in [-0.15, -0.1) is 5.10 Å². The Morgan fingerprint density at radius 1 is 0.772 bits per heavy atom. The maximum Gasteiger partial charge on any atom is 0.312 e. The van der Waals surface area contributed by atoms with Crippen molar-refractivity contribution in [1.82, 2.24) is 56.8 Å². The third-order valence-corrected chi connectivity index (χ3v) is 14.5. The minimum absolute atomic E-state index is 0. The zero-order valence-corrected chi connectivity index (χ0v) is 45.8. The second kappa shape index (κ2) is 31.4. The number of nitrogens with one attached hydrogen (secondary N) is 7. The Kier molecular flexibility index (Phi) is 25.6. The minimum Gasteiger partial charge on any atom is -0.394 e. The van der Waals surface area contributed by atoms with Crippen LogP contribution in [0, 0.1) is 5.92 Å². The fraction of sp³-hybridized carbons (Fsp3) is 0.608.